The SMILES string of the molecule is CCN(C(=O)OCC(C)SC(F)(F)F)c1cn(-c2cccnc2)nc1Cl. The Labute approximate surface area is 157 Å². The number of aromatic nitrogens is 3. The van der Waals surface area contributed by atoms with Crippen LogP contribution < -0.4 is 4.90 Å². The summed E-state index contributed by atoms with van der Waals surface area (Å²) in [5, 5.41) is 3.25. The fourth-order valence-corrected chi connectivity index (χ4v) is 2.90. The summed E-state index contributed by atoms with van der Waals surface area (Å²) in [6, 6.07) is 3.47. The van der Waals surface area contributed by atoms with Crippen molar-refractivity contribution in [3.63, 3.8) is 0 Å². The van der Waals surface area contributed by atoms with Crippen LogP contribution in [0.15, 0.2) is 30.7 Å². The van der Waals surface area contributed by atoms with Crippen LogP contribution in [0, 0.1) is 0 Å². The Bertz CT molecular complexity index is 742. The maximum absolute atomic E-state index is 12.3. The number of amides is 1. The van der Waals surface area contributed by atoms with Crippen LogP contribution in [0.2, 0.25) is 5.15 Å². The number of thioether (sulfide) groups is 1. The second-order valence-electron chi connectivity index (χ2n) is 5.16. The number of nitrogens with zero attached hydrogens (tertiary/aromatic N) is 4. The second-order valence-corrected chi connectivity index (χ2v) is 7.02. The summed E-state index contributed by atoms with van der Waals surface area (Å²) in [6.45, 7) is 2.84. The van der Waals surface area contributed by atoms with Gasteiger partial charge in [-0.2, -0.15) is 18.3 Å². The first-order chi connectivity index (χ1) is 12.2. The van der Waals surface area contributed by atoms with Crippen LogP contribution in [0.4, 0.5) is 23.7 Å². The van der Waals surface area contributed by atoms with Crippen molar-refractivity contribution in [1.29, 1.82) is 0 Å². The molecule has 0 aliphatic heterocycles. The van der Waals surface area contributed by atoms with Crippen LogP contribution in [0.3, 0.4) is 0 Å². The molecule has 11 heteroatoms. The molecular formula is C15H16ClF3N4O2S. The second kappa shape index (κ2) is 8.63. The van der Waals surface area contributed by atoms with Gasteiger partial charge in [-0.25, -0.2) is 9.48 Å². The van der Waals surface area contributed by atoms with Crippen molar-refractivity contribution >= 4 is 35.1 Å². The van der Waals surface area contributed by atoms with E-state index < -0.39 is 16.9 Å². The number of hydrogen-bond acceptors (Lipinski definition) is 5. The Morgan fingerprint density at radius 3 is 2.81 bits per heavy atom. The molecule has 0 saturated heterocycles. The lowest BCUT2D eigenvalue weighted by atomic mass is 10.4. The molecule has 0 fully saturated rings. The largest absolute Gasteiger partial charge is 0.448 e. The Morgan fingerprint density at radius 1 is 1.50 bits per heavy atom. The highest BCUT2D eigenvalue weighted by Gasteiger charge is 2.32. The van der Waals surface area contributed by atoms with Crippen molar-refractivity contribution < 1.29 is 22.7 Å². The number of alkyl halides is 3. The monoisotopic (exact) mass is 408 g/mol. The van der Waals surface area contributed by atoms with Gasteiger partial charge in [-0.1, -0.05) is 11.6 Å². The van der Waals surface area contributed by atoms with Crippen LogP contribution in [0.5, 0.6) is 0 Å². The van der Waals surface area contributed by atoms with Crippen LogP contribution in [0.1, 0.15) is 13.8 Å². The Hall–Kier alpha value is -1.94. The molecule has 0 aliphatic carbocycles. The highest BCUT2D eigenvalue weighted by Crippen LogP contribution is 2.34. The zero-order valence-corrected chi connectivity index (χ0v) is 15.5. The summed E-state index contributed by atoms with van der Waals surface area (Å²) >= 11 is 5.88. The minimum absolute atomic E-state index is 0.0605. The third-order valence-corrected chi connectivity index (χ3v) is 4.24. The highest BCUT2D eigenvalue weighted by molar-refractivity contribution is 8.00. The fraction of sp³-hybridized carbons (Fsp3) is 0.400. The van der Waals surface area contributed by atoms with Crippen molar-refractivity contribution in [3.05, 3.63) is 35.9 Å². The quantitative estimate of drug-likeness (QED) is 0.703. The Morgan fingerprint density at radius 2 is 2.23 bits per heavy atom. The Balaban J connectivity index is 2.08. The standard InChI is InChI=1S/C15H16ClF3N4O2S/c1-3-22(14(24)25-9-10(2)26-15(17,18)19)12-8-23(21-13(12)16)11-5-4-6-20-7-11/h4-8,10H,3,9H2,1-2H3. The van der Waals surface area contributed by atoms with Gasteiger partial charge in [-0.3, -0.25) is 9.88 Å². The third-order valence-electron chi connectivity index (χ3n) is 3.17. The van der Waals surface area contributed by atoms with Crippen molar-refractivity contribution in [2.45, 2.75) is 24.6 Å². The maximum Gasteiger partial charge on any atom is 0.442 e. The topological polar surface area (TPSA) is 60.2 Å². The zero-order valence-electron chi connectivity index (χ0n) is 13.9. The first kappa shape index (κ1) is 20.4. The highest BCUT2D eigenvalue weighted by atomic mass is 35.5. The first-order valence-corrected chi connectivity index (χ1v) is 8.81. The van der Waals surface area contributed by atoms with E-state index in [1.54, 1.807) is 31.5 Å². The molecule has 1 atom stereocenters. The average Bonchev–Trinajstić information content (AvgIpc) is 2.95. The van der Waals surface area contributed by atoms with Crippen molar-refractivity contribution in [1.82, 2.24) is 14.8 Å². The van der Waals surface area contributed by atoms with Gasteiger partial charge in [0, 0.05) is 18.0 Å². The first-order valence-electron chi connectivity index (χ1n) is 7.55. The molecule has 6 nitrogen and oxygen atoms in total. The van der Waals surface area contributed by atoms with E-state index in [-0.39, 0.29) is 30.1 Å². The molecule has 142 valence electrons. The summed E-state index contributed by atoms with van der Waals surface area (Å²) in [6.07, 6.45) is 3.90. The molecule has 2 aromatic rings. The number of pyridine rings is 1. The molecule has 1 amide bonds. The normalized spacial score (nSPS) is 12.7. The van der Waals surface area contributed by atoms with E-state index in [1.165, 1.54) is 22.7 Å². The van der Waals surface area contributed by atoms with E-state index in [0.717, 1.165) is 0 Å². The molecule has 0 bridgehead atoms. The van der Waals surface area contributed by atoms with Gasteiger partial charge in [0.15, 0.2) is 5.15 Å². The lowest BCUT2D eigenvalue weighted by Gasteiger charge is -2.20. The predicted octanol–water partition coefficient (Wildman–Crippen LogP) is 4.53. The van der Waals surface area contributed by atoms with Crippen molar-refractivity contribution in [3.8, 4) is 5.69 Å². The van der Waals surface area contributed by atoms with Crippen molar-refractivity contribution in [2.24, 2.45) is 0 Å². The molecule has 0 N–H and O–H groups in total. The summed E-state index contributed by atoms with van der Waals surface area (Å²) in [4.78, 5) is 17.4. The molecule has 1 unspecified atom stereocenters. The molecule has 0 saturated carbocycles. The number of halogens is 4. The van der Waals surface area contributed by atoms with Gasteiger partial charge < -0.3 is 4.74 Å². The van der Waals surface area contributed by atoms with E-state index in [4.69, 9.17) is 16.3 Å². The molecule has 0 aromatic carbocycles. The Kier molecular flexibility index (Phi) is 6.76. The number of hydrogen-bond donors (Lipinski definition) is 0. The van der Waals surface area contributed by atoms with Gasteiger partial charge in [-0.05, 0) is 37.7 Å². The van der Waals surface area contributed by atoms with E-state index in [2.05, 4.69) is 10.1 Å². The number of carbonyl (C=O) groups is 1. The summed E-state index contributed by atoms with van der Waals surface area (Å²) in [7, 11) is 0. The van der Waals surface area contributed by atoms with E-state index in [9.17, 15) is 18.0 Å². The van der Waals surface area contributed by atoms with Crippen LogP contribution in [-0.4, -0.2) is 44.8 Å². The molecule has 0 spiro atoms. The molecule has 0 aliphatic rings. The minimum atomic E-state index is -4.38. The average molecular weight is 409 g/mol. The lowest BCUT2D eigenvalue weighted by molar-refractivity contribution is -0.0336. The van der Waals surface area contributed by atoms with Gasteiger partial charge in [0.2, 0.25) is 0 Å². The molecule has 2 heterocycles. The van der Waals surface area contributed by atoms with Gasteiger partial charge in [0.05, 0.1) is 18.1 Å². The van der Waals surface area contributed by atoms with Crippen LogP contribution in [-0.2, 0) is 4.74 Å². The van der Waals surface area contributed by atoms with Crippen LogP contribution in [0.25, 0.3) is 5.69 Å². The van der Waals surface area contributed by atoms with Gasteiger partial charge >= 0.3 is 11.6 Å². The van der Waals surface area contributed by atoms with E-state index >= 15 is 0 Å². The minimum Gasteiger partial charge on any atom is -0.448 e. The summed E-state index contributed by atoms with van der Waals surface area (Å²) in [5.74, 6) is 0. The molecular weight excluding hydrogens is 393 g/mol. The lowest BCUT2D eigenvalue weighted by Crippen LogP contribution is -2.33. The molecule has 2 aromatic heterocycles. The van der Waals surface area contributed by atoms with Gasteiger partial charge in [-0.15, -0.1) is 0 Å². The number of ether oxygens (including phenoxy) is 1. The molecule has 2 rings (SSSR count). The maximum atomic E-state index is 12.3. The van der Waals surface area contributed by atoms with E-state index in [1.807, 2.05) is 0 Å². The fourth-order valence-electron chi connectivity index (χ4n) is 2.07. The third kappa shape index (κ3) is 5.53. The van der Waals surface area contributed by atoms with E-state index in [0.29, 0.717) is 11.4 Å². The summed E-state index contributed by atoms with van der Waals surface area (Å²) in [5.41, 5.74) is -3.45. The van der Waals surface area contributed by atoms with Gasteiger partial charge in [0.1, 0.15) is 12.3 Å². The van der Waals surface area contributed by atoms with Gasteiger partial charge in [0.25, 0.3) is 0 Å². The zero-order chi connectivity index (χ0) is 19.3. The van der Waals surface area contributed by atoms with Crippen molar-refractivity contribution in [2.75, 3.05) is 18.1 Å². The smallest absolute Gasteiger partial charge is 0.442 e. The molecule has 26 heavy (non-hydrogen) atoms. The number of rotatable bonds is 6. The predicted molar refractivity (Wildman–Crippen MR) is 93.8 cm³/mol. The van der Waals surface area contributed by atoms with Crippen LogP contribution >= 0.6 is 23.4 Å². The molecule has 0 radical (unpaired) electrons. The number of anilines is 1. The summed E-state index contributed by atoms with van der Waals surface area (Å²) < 4.78 is 43.4. The number of carbonyl (C=O) groups excluding carboxylic acids is 1.